The molecule has 0 bridgehead atoms. The number of methoxy groups -OCH3 is 1. The molecule has 2 aromatic rings. The Morgan fingerprint density at radius 2 is 1.79 bits per heavy atom. The van der Waals surface area contributed by atoms with Crippen LogP contribution in [0.25, 0.3) is 0 Å². The van der Waals surface area contributed by atoms with Crippen molar-refractivity contribution >= 4 is 21.4 Å². The first kappa shape index (κ1) is 21.6. The summed E-state index contributed by atoms with van der Waals surface area (Å²) in [6.07, 6.45) is 0. The van der Waals surface area contributed by atoms with Crippen LogP contribution in [0.4, 0.5) is 11.4 Å². The van der Waals surface area contributed by atoms with Crippen molar-refractivity contribution in [2.24, 2.45) is 0 Å². The van der Waals surface area contributed by atoms with E-state index < -0.39 is 14.9 Å². The number of rotatable bonds is 8. The van der Waals surface area contributed by atoms with Gasteiger partial charge in [-0.05, 0) is 45.9 Å². The van der Waals surface area contributed by atoms with Gasteiger partial charge in [-0.25, -0.2) is 13.1 Å². The Labute approximate surface area is 165 Å². The Hall–Kier alpha value is -2.65. The zero-order valence-electron chi connectivity index (χ0n) is 16.5. The fourth-order valence-corrected chi connectivity index (χ4v) is 4.10. The van der Waals surface area contributed by atoms with Gasteiger partial charge in [0.1, 0.15) is 11.4 Å². The van der Waals surface area contributed by atoms with Gasteiger partial charge in [0, 0.05) is 17.7 Å². The molecule has 9 heteroatoms. The van der Waals surface area contributed by atoms with Gasteiger partial charge in [-0.2, -0.15) is 0 Å². The highest BCUT2D eigenvalue weighted by atomic mass is 32.2. The predicted octanol–water partition coefficient (Wildman–Crippen LogP) is 3.77. The zero-order valence-corrected chi connectivity index (χ0v) is 17.3. The molecule has 0 aromatic heterocycles. The molecule has 2 rings (SSSR count). The number of hydrogen-bond donors (Lipinski definition) is 2. The Bertz CT molecular complexity index is 974. The second-order valence-electron chi connectivity index (χ2n) is 6.82. The molecule has 0 aliphatic rings. The highest BCUT2D eigenvalue weighted by Crippen LogP contribution is 2.33. The molecule has 2 N–H and O–H groups in total. The molecule has 0 fully saturated rings. The quantitative estimate of drug-likeness (QED) is 0.509. The van der Waals surface area contributed by atoms with Crippen LogP contribution in [0.5, 0.6) is 5.75 Å². The summed E-state index contributed by atoms with van der Waals surface area (Å²) in [6.45, 7) is 7.16. The van der Waals surface area contributed by atoms with Crippen LogP contribution in [0.15, 0.2) is 41.3 Å². The lowest BCUT2D eigenvalue weighted by atomic mass is 10.0. The summed E-state index contributed by atoms with van der Waals surface area (Å²) in [6, 6.07) is 8.89. The summed E-state index contributed by atoms with van der Waals surface area (Å²) in [7, 11) is -2.27. The summed E-state index contributed by atoms with van der Waals surface area (Å²) in [5, 5.41) is 14.6. The molecule has 2 aromatic carbocycles. The van der Waals surface area contributed by atoms with Crippen LogP contribution < -0.4 is 14.8 Å². The first-order valence-corrected chi connectivity index (χ1v) is 10.3. The second-order valence-corrected chi connectivity index (χ2v) is 8.54. The van der Waals surface area contributed by atoms with Crippen molar-refractivity contribution in [1.82, 2.24) is 4.72 Å². The Morgan fingerprint density at radius 3 is 2.36 bits per heavy atom. The van der Waals surface area contributed by atoms with Gasteiger partial charge >= 0.3 is 0 Å². The van der Waals surface area contributed by atoms with E-state index in [9.17, 15) is 18.5 Å². The normalized spacial score (nSPS) is 12.6. The number of sulfonamides is 1. The Morgan fingerprint density at radius 1 is 1.11 bits per heavy atom. The third-order valence-electron chi connectivity index (χ3n) is 4.09. The molecule has 0 aliphatic carbocycles. The molecule has 1 atom stereocenters. The minimum atomic E-state index is -3.83. The van der Waals surface area contributed by atoms with Crippen LogP contribution in [0, 0.1) is 17.0 Å². The molecule has 0 saturated carbocycles. The monoisotopic (exact) mass is 407 g/mol. The van der Waals surface area contributed by atoms with E-state index >= 15 is 0 Å². The first-order valence-electron chi connectivity index (χ1n) is 8.77. The minimum Gasteiger partial charge on any atom is -0.496 e. The molecule has 0 saturated heterocycles. The Balaban J connectivity index is 2.41. The average Bonchev–Trinajstić information content (AvgIpc) is 2.60. The van der Waals surface area contributed by atoms with Gasteiger partial charge in [-0.3, -0.25) is 10.1 Å². The smallest absolute Gasteiger partial charge is 0.293 e. The van der Waals surface area contributed by atoms with Crippen LogP contribution in [-0.4, -0.2) is 26.5 Å². The van der Waals surface area contributed by atoms with Crippen LogP contribution in [-0.2, 0) is 10.0 Å². The molecule has 0 aliphatic heterocycles. The van der Waals surface area contributed by atoms with Crippen molar-refractivity contribution in [1.29, 1.82) is 0 Å². The van der Waals surface area contributed by atoms with Crippen LogP contribution in [0.3, 0.4) is 0 Å². The van der Waals surface area contributed by atoms with Crippen molar-refractivity contribution in [2.75, 3.05) is 12.4 Å². The lowest BCUT2D eigenvalue weighted by Crippen LogP contribution is -2.30. The number of nitrogens with one attached hydrogen (secondary N) is 2. The summed E-state index contributed by atoms with van der Waals surface area (Å²) in [5.74, 6) is 0.661. The van der Waals surface area contributed by atoms with E-state index in [4.69, 9.17) is 4.74 Å². The van der Waals surface area contributed by atoms with Gasteiger partial charge in [-0.1, -0.05) is 17.7 Å². The number of benzene rings is 2. The molecule has 8 nitrogen and oxygen atoms in total. The van der Waals surface area contributed by atoms with E-state index in [1.165, 1.54) is 12.1 Å². The Kier molecular flexibility index (Phi) is 6.63. The number of anilines is 1. The SMILES string of the molecule is COc1ccc(C)cc1[C@@H](C)Nc1ccc(S(=O)(=O)NC(C)C)cc1[N+](=O)[O-]. The molecule has 0 spiro atoms. The van der Waals surface area contributed by atoms with Gasteiger partial charge in [0.25, 0.3) is 5.69 Å². The number of ether oxygens (including phenoxy) is 1. The molecule has 0 radical (unpaired) electrons. The van der Waals surface area contributed by atoms with E-state index in [1.807, 2.05) is 32.0 Å². The van der Waals surface area contributed by atoms with E-state index in [2.05, 4.69) is 10.0 Å². The second kappa shape index (κ2) is 8.57. The molecule has 152 valence electrons. The number of nitro benzene ring substituents is 1. The number of aryl methyl sites for hydroxylation is 1. The predicted molar refractivity (Wildman–Crippen MR) is 108 cm³/mol. The highest BCUT2D eigenvalue weighted by Gasteiger charge is 2.23. The molecule has 28 heavy (non-hydrogen) atoms. The third-order valence-corrected chi connectivity index (χ3v) is 5.75. The maximum atomic E-state index is 12.3. The maximum Gasteiger partial charge on any atom is 0.293 e. The lowest BCUT2D eigenvalue weighted by Gasteiger charge is -2.19. The van der Waals surface area contributed by atoms with Gasteiger partial charge in [0.15, 0.2) is 0 Å². The van der Waals surface area contributed by atoms with E-state index in [-0.39, 0.29) is 28.4 Å². The summed E-state index contributed by atoms with van der Waals surface area (Å²) in [5.41, 5.74) is 1.78. The van der Waals surface area contributed by atoms with Crippen LogP contribution >= 0.6 is 0 Å². The van der Waals surface area contributed by atoms with E-state index in [0.29, 0.717) is 5.75 Å². The standard InChI is InChI=1S/C19H25N3O5S/c1-12(2)21-28(25,26)15-7-8-17(18(11-15)22(23)24)20-14(4)16-10-13(3)6-9-19(16)27-5/h6-12,14,20-21H,1-5H3/t14-/m1/s1. The number of nitrogens with zero attached hydrogens (tertiary/aromatic N) is 1. The van der Waals surface area contributed by atoms with Gasteiger partial charge < -0.3 is 10.1 Å². The minimum absolute atomic E-state index is 0.153. The third kappa shape index (κ3) is 4.99. The van der Waals surface area contributed by atoms with Crippen LogP contribution in [0.1, 0.15) is 37.9 Å². The van der Waals surface area contributed by atoms with Gasteiger partial charge in [-0.15, -0.1) is 0 Å². The summed E-state index contributed by atoms with van der Waals surface area (Å²) in [4.78, 5) is 10.8. The van der Waals surface area contributed by atoms with Gasteiger partial charge in [0.2, 0.25) is 10.0 Å². The lowest BCUT2D eigenvalue weighted by molar-refractivity contribution is -0.384. The van der Waals surface area contributed by atoms with Crippen LogP contribution in [0.2, 0.25) is 0 Å². The molecular weight excluding hydrogens is 382 g/mol. The fourth-order valence-electron chi connectivity index (χ4n) is 2.83. The first-order chi connectivity index (χ1) is 13.0. The summed E-state index contributed by atoms with van der Waals surface area (Å²) < 4.78 is 32.4. The average molecular weight is 407 g/mol. The molecule has 0 unspecified atom stereocenters. The number of nitro groups is 1. The topological polar surface area (TPSA) is 111 Å². The molecular formula is C19H25N3O5S. The van der Waals surface area contributed by atoms with Crippen molar-refractivity contribution in [2.45, 2.75) is 44.7 Å². The van der Waals surface area contributed by atoms with Crippen molar-refractivity contribution < 1.29 is 18.1 Å². The van der Waals surface area contributed by atoms with Crippen molar-refractivity contribution in [3.63, 3.8) is 0 Å². The highest BCUT2D eigenvalue weighted by molar-refractivity contribution is 7.89. The van der Waals surface area contributed by atoms with E-state index in [0.717, 1.165) is 17.2 Å². The summed E-state index contributed by atoms with van der Waals surface area (Å²) >= 11 is 0. The zero-order chi connectivity index (χ0) is 21.1. The van der Waals surface area contributed by atoms with Crippen molar-refractivity contribution in [3.05, 3.63) is 57.6 Å². The number of hydrogen-bond acceptors (Lipinski definition) is 6. The fraction of sp³-hybridized carbons (Fsp3) is 0.368. The van der Waals surface area contributed by atoms with Crippen molar-refractivity contribution in [3.8, 4) is 5.75 Å². The largest absolute Gasteiger partial charge is 0.496 e. The van der Waals surface area contributed by atoms with E-state index in [1.54, 1.807) is 21.0 Å². The molecule has 0 heterocycles. The maximum absolute atomic E-state index is 12.3. The van der Waals surface area contributed by atoms with Gasteiger partial charge in [0.05, 0.1) is 23.0 Å². The molecule has 0 amide bonds.